The van der Waals surface area contributed by atoms with Gasteiger partial charge in [0.15, 0.2) is 0 Å². The molecule has 0 amide bonds. The standard InChI is InChI=1S/C14H20N2O3/c1-11-5-4-7-13(16(17)18)14(11)15-9-8-12-6-2-3-10-19-12/h4-5,7,12,15H,2-3,6,8-10H2,1H3. The van der Waals surface area contributed by atoms with Crippen molar-refractivity contribution >= 4 is 11.4 Å². The molecular formula is C14H20N2O3. The second kappa shape index (κ2) is 6.52. The molecule has 1 N–H and O–H groups in total. The molecule has 0 radical (unpaired) electrons. The summed E-state index contributed by atoms with van der Waals surface area (Å²) >= 11 is 0. The van der Waals surface area contributed by atoms with Gasteiger partial charge in [0, 0.05) is 19.2 Å². The molecule has 1 aromatic rings. The number of benzene rings is 1. The van der Waals surface area contributed by atoms with E-state index in [1.54, 1.807) is 6.07 Å². The van der Waals surface area contributed by atoms with E-state index in [0.717, 1.165) is 31.4 Å². The normalized spacial score (nSPS) is 19.1. The second-order valence-electron chi connectivity index (χ2n) is 4.93. The van der Waals surface area contributed by atoms with Crippen LogP contribution in [0.25, 0.3) is 0 Å². The zero-order valence-electron chi connectivity index (χ0n) is 11.2. The molecule has 0 aliphatic carbocycles. The Hall–Kier alpha value is -1.62. The van der Waals surface area contributed by atoms with E-state index in [1.165, 1.54) is 12.5 Å². The Kier molecular flexibility index (Phi) is 4.74. The second-order valence-corrected chi connectivity index (χ2v) is 4.93. The van der Waals surface area contributed by atoms with Crippen molar-refractivity contribution in [3.8, 4) is 0 Å². The van der Waals surface area contributed by atoms with Crippen LogP contribution in [0.1, 0.15) is 31.2 Å². The van der Waals surface area contributed by atoms with Gasteiger partial charge < -0.3 is 10.1 Å². The van der Waals surface area contributed by atoms with Crippen molar-refractivity contribution in [2.24, 2.45) is 0 Å². The van der Waals surface area contributed by atoms with E-state index in [9.17, 15) is 10.1 Å². The van der Waals surface area contributed by atoms with Crippen molar-refractivity contribution in [1.29, 1.82) is 0 Å². The van der Waals surface area contributed by atoms with E-state index in [2.05, 4.69) is 5.32 Å². The minimum atomic E-state index is -0.341. The van der Waals surface area contributed by atoms with Crippen LogP contribution in [0.4, 0.5) is 11.4 Å². The van der Waals surface area contributed by atoms with Crippen molar-refractivity contribution in [3.05, 3.63) is 33.9 Å². The summed E-state index contributed by atoms with van der Waals surface area (Å²) < 4.78 is 5.65. The summed E-state index contributed by atoms with van der Waals surface area (Å²) in [5.41, 5.74) is 1.67. The fourth-order valence-electron chi connectivity index (χ4n) is 2.43. The van der Waals surface area contributed by atoms with Crippen LogP contribution in [0.15, 0.2) is 18.2 Å². The first-order valence-electron chi connectivity index (χ1n) is 6.78. The van der Waals surface area contributed by atoms with Gasteiger partial charge in [0.2, 0.25) is 0 Å². The monoisotopic (exact) mass is 264 g/mol. The van der Waals surface area contributed by atoms with Gasteiger partial charge >= 0.3 is 0 Å². The number of ether oxygens (including phenoxy) is 1. The summed E-state index contributed by atoms with van der Waals surface area (Å²) in [6.45, 7) is 3.43. The maximum absolute atomic E-state index is 11.0. The highest BCUT2D eigenvalue weighted by Crippen LogP contribution is 2.27. The molecule has 0 aromatic heterocycles. The van der Waals surface area contributed by atoms with Gasteiger partial charge in [0.05, 0.1) is 11.0 Å². The minimum absolute atomic E-state index is 0.143. The van der Waals surface area contributed by atoms with Gasteiger partial charge in [-0.1, -0.05) is 12.1 Å². The van der Waals surface area contributed by atoms with E-state index < -0.39 is 0 Å². The summed E-state index contributed by atoms with van der Waals surface area (Å²) in [6, 6.07) is 5.13. The van der Waals surface area contributed by atoms with Gasteiger partial charge in [-0.05, 0) is 38.2 Å². The number of nitrogens with zero attached hydrogens (tertiary/aromatic N) is 1. The molecule has 1 saturated heterocycles. The fraction of sp³-hybridized carbons (Fsp3) is 0.571. The molecule has 1 fully saturated rings. The molecular weight excluding hydrogens is 244 g/mol. The molecule has 0 saturated carbocycles. The van der Waals surface area contributed by atoms with Crippen LogP contribution in [0.5, 0.6) is 0 Å². The van der Waals surface area contributed by atoms with Gasteiger partial charge in [-0.25, -0.2) is 0 Å². The van der Waals surface area contributed by atoms with Crippen LogP contribution in [0.3, 0.4) is 0 Å². The van der Waals surface area contributed by atoms with Crippen LogP contribution in [0, 0.1) is 17.0 Å². The third-order valence-electron chi connectivity index (χ3n) is 3.49. The van der Waals surface area contributed by atoms with Crippen molar-refractivity contribution in [1.82, 2.24) is 0 Å². The molecule has 1 aliphatic rings. The SMILES string of the molecule is Cc1cccc([N+](=O)[O-])c1NCCC1CCCCO1. The number of hydrogen-bond acceptors (Lipinski definition) is 4. The van der Waals surface area contributed by atoms with Crippen LogP contribution < -0.4 is 5.32 Å². The maximum atomic E-state index is 11.0. The van der Waals surface area contributed by atoms with E-state index >= 15 is 0 Å². The third kappa shape index (κ3) is 3.67. The number of nitro groups is 1. The number of aryl methyl sites for hydroxylation is 1. The first-order valence-corrected chi connectivity index (χ1v) is 6.78. The summed E-state index contributed by atoms with van der Waals surface area (Å²) in [5, 5.41) is 14.2. The Labute approximate surface area is 113 Å². The van der Waals surface area contributed by atoms with E-state index in [1.807, 2.05) is 13.0 Å². The smallest absolute Gasteiger partial charge is 0.292 e. The summed E-state index contributed by atoms with van der Waals surface area (Å²) in [5.74, 6) is 0. The number of nitrogens with one attached hydrogen (secondary N) is 1. The highest BCUT2D eigenvalue weighted by molar-refractivity contribution is 5.65. The molecule has 1 aromatic carbocycles. The average molecular weight is 264 g/mol. The fourth-order valence-corrected chi connectivity index (χ4v) is 2.43. The van der Waals surface area contributed by atoms with E-state index in [0.29, 0.717) is 18.3 Å². The number of hydrogen-bond donors (Lipinski definition) is 1. The van der Waals surface area contributed by atoms with Gasteiger partial charge in [-0.15, -0.1) is 0 Å². The predicted molar refractivity (Wildman–Crippen MR) is 74.5 cm³/mol. The quantitative estimate of drug-likeness (QED) is 0.654. The van der Waals surface area contributed by atoms with Gasteiger partial charge in [-0.3, -0.25) is 10.1 Å². The molecule has 5 nitrogen and oxygen atoms in total. The maximum Gasteiger partial charge on any atom is 0.292 e. The van der Waals surface area contributed by atoms with Gasteiger partial charge in [-0.2, -0.15) is 0 Å². The van der Waals surface area contributed by atoms with Crippen molar-refractivity contribution in [2.45, 2.75) is 38.7 Å². The van der Waals surface area contributed by atoms with Crippen LogP contribution in [-0.2, 0) is 4.74 Å². The molecule has 0 bridgehead atoms. The van der Waals surface area contributed by atoms with Crippen molar-refractivity contribution < 1.29 is 9.66 Å². The lowest BCUT2D eigenvalue weighted by Gasteiger charge is -2.22. The molecule has 1 aliphatic heterocycles. The first kappa shape index (κ1) is 13.8. The van der Waals surface area contributed by atoms with Crippen LogP contribution >= 0.6 is 0 Å². The van der Waals surface area contributed by atoms with E-state index in [-0.39, 0.29) is 10.6 Å². The molecule has 104 valence electrons. The molecule has 0 spiro atoms. The first-order chi connectivity index (χ1) is 9.18. The number of anilines is 1. The number of rotatable bonds is 5. The summed E-state index contributed by atoms with van der Waals surface area (Å²) in [4.78, 5) is 10.6. The number of para-hydroxylation sites is 1. The highest BCUT2D eigenvalue weighted by atomic mass is 16.6. The molecule has 2 rings (SSSR count). The van der Waals surface area contributed by atoms with Crippen LogP contribution in [-0.4, -0.2) is 24.2 Å². The highest BCUT2D eigenvalue weighted by Gasteiger charge is 2.17. The summed E-state index contributed by atoms with van der Waals surface area (Å²) in [6.07, 6.45) is 4.65. The third-order valence-corrected chi connectivity index (χ3v) is 3.49. The number of nitro benzene ring substituents is 1. The predicted octanol–water partition coefficient (Wildman–Crippen LogP) is 3.27. The van der Waals surface area contributed by atoms with Crippen molar-refractivity contribution in [3.63, 3.8) is 0 Å². The van der Waals surface area contributed by atoms with Crippen LogP contribution in [0.2, 0.25) is 0 Å². The molecule has 1 atom stereocenters. The Morgan fingerprint density at radius 2 is 2.32 bits per heavy atom. The molecule has 1 heterocycles. The molecule has 19 heavy (non-hydrogen) atoms. The summed E-state index contributed by atoms with van der Waals surface area (Å²) in [7, 11) is 0. The lowest BCUT2D eigenvalue weighted by molar-refractivity contribution is -0.384. The van der Waals surface area contributed by atoms with Gasteiger partial charge in [0.1, 0.15) is 5.69 Å². The zero-order chi connectivity index (χ0) is 13.7. The van der Waals surface area contributed by atoms with E-state index in [4.69, 9.17) is 4.74 Å². The Bertz CT molecular complexity index is 442. The molecule has 5 heteroatoms. The average Bonchev–Trinajstić information content (AvgIpc) is 2.41. The Morgan fingerprint density at radius 3 is 3.00 bits per heavy atom. The lowest BCUT2D eigenvalue weighted by Crippen LogP contribution is -2.22. The topological polar surface area (TPSA) is 64.4 Å². The Balaban J connectivity index is 1.93. The minimum Gasteiger partial charge on any atom is -0.379 e. The van der Waals surface area contributed by atoms with Gasteiger partial charge in [0.25, 0.3) is 5.69 Å². The largest absolute Gasteiger partial charge is 0.379 e. The molecule has 1 unspecified atom stereocenters. The lowest BCUT2D eigenvalue weighted by atomic mass is 10.1. The Morgan fingerprint density at radius 1 is 1.47 bits per heavy atom. The zero-order valence-corrected chi connectivity index (χ0v) is 11.2. The van der Waals surface area contributed by atoms with Crippen molar-refractivity contribution in [2.75, 3.05) is 18.5 Å².